The topological polar surface area (TPSA) is 55.4 Å². The lowest BCUT2D eigenvalue weighted by molar-refractivity contribution is -0.147. The van der Waals surface area contributed by atoms with Gasteiger partial charge in [-0.2, -0.15) is 0 Å². The first-order valence-corrected chi connectivity index (χ1v) is 9.20. The zero-order chi connectivity index (χ0) is 18.1. The molecule has 0 heterocycles. The lowest BCUT2D eigenvalue weighted by atomic mass is 10.1. The van der Waals surface area contributed by atoms with Gasteiger partial charge in [-0.05, 0) is 43.2 Å². The van der Waals surface area contributed by atoms with Gasteiger partial charge in [0, 0.05) is 16.5 Å². The predicted octanol–water partition coefficient (Wildman–Crippen LogP) is 3.72. The van der Waals surface area contributed by atoms with Gasteiger partial charge in [-0.1, -0.05) is 41.9 Å². The third-order valence-electron chi connectivity index (χ3n) is 3.38. The van der Waals surface area contributed by atoms with Crippen LogP contribution in [-0.2, 0) is 20.7 Å². The second-order valence-corrected chi connectivity index (χ2v) is 7.26. The van der Waals surface area contributed by atoms with Crippen LogP contribution in [0.3, 0.4) is 0 Å². The molecule has 2 aromatic rings. The zero-order valence-electron chi connectivity index (χ0n) is 13.9. The third-order valence-corrected chi connectivity index (χ3v) is 4.72. The lowest BCUT2D eigenvalue weighted by Gasteiger charge is -2.11. The van der Waals surface area contributed by atoms with E-state index >= 15 is 0 Å². The van der Waals surface area contributed by atoms with Crippen molar-refractivity contribution < 1.29 is 14.3 Å². The summed E-state index contributed by atoms with van der Waals surface area (Å²) in [4.78, 5) is 24.6. The van der Waals surface area contributed by atoms with Crippen LogP contribution in [0.25, 0.3) is 0 Å². The van der Waals surface area contributed by atoms with Crippen molar-refractivity contribution >= 4 is 35.2 Å². The largest absolute Gasteiger partial charge is 0.455 e. The average Bonchev–Trinajstić information content (AvgIpc) is 2.62. The summed E-state index contributed by atoms with van der Waals surface area (Å²) in [6.07, 6.45) is 0.739. The van der Waals surface area contributed by atoms with Crippen LogP contribution in [0, 0.1) is 0 Å². The number of halogens is 1. The number of esters is 1. The van der Waals surface area contributed by atoms with Crippen molar-refractivity contribution in [3.8, 4) is 0 Å². The van der Waals surface area contributed by atoms with E-state index in [4.69, 9.17) is 16.3 Å². The molecule has 6 heteroatoms. The number of hydrogen-bond donors (Lipinski definition) is 1. The molecule has 0 aromatic heterocycles. The Morgan fingerprint density at radius 1 is 1.12 bits per heavy atom. The first kappa shape index (κ1) is 19.3. The van der Waals surface area contributed by atoms with Gasteiger partial charge in [-0.15, -0.1) is 11.8 Å². The minimum atomic E-state index is -0.418. The molecule has 25 heavy (non-hydrogen) atoms. The molecule has 0 aliphatic heterocycles. The van der Waals surface area contributed by atoms with E-state index in [0.29, 0.717) is 11.6 Å². The highest BCUT2D eigenvalue weighted by molar-refractivity contribution is 8.00. The Morgan fingerprint density at radius 2 is 1.80 bits per heavy atom. The summed E-state index contributed by atoms with van der Waals surface area (Å²) in [5.41, 5.74) is 1.15. The summed E-state index contributed by atoms with van der Waals surface area (Å²) < 4.78 is 5.07. The van der Waals surface area contributed by atoms with Gasteiger partial charge in [-0.3, -0.25) is 9.59 Å². The van der Waals surface area contributed by atoms with Crippen molar-refractivity contribution in [3.05, 3.63) is 65.2 Å². The van der Waals surface area contributed by atoms with Crippen LogP contribution in [0.2, 0.25) is 5.02 Å². The Morgan fingerprint density at radius 3 is 2.48 bits per heavy atom. The maximum Gasteiger partial charge on any atom is 0.319 e. The maximum absolute atomic E-state index is 12.0. The van der Waals surface area contributed by atoms with Crippen LogP contribution in [0.4, 0.5) is 0 Å². The summed E-state index contributed by atoms with van der Waals surface area (Å²) in [5.74, 6) is -0.717. The second-order valence-electron chi connectivity index (χ2n) is 5.41. The Kier molecular flexibility index (Phi) is 7.82. The number of thioether (sulfide) groups is 1. The highest BCUT2D eigenvalue weighted by atomic mass is 35.5. The monoisotopic (exact) mass is 377 g/mol. The number of carbonyl (C=O) groups is 2. The van der Waals surface area contributed by atoms with Crippen LogP contribution in [0.15, 0.2) is 59.5 Å². The molecular weight excluding hydrogens is 358 g/mol. The summed E-state index contributed by atoms with van der Waals surface area (Å²) >= 11 is 7.19. The molecule has 2 rings (SSSR count). The Labute approximate surface area is 156 Å². The van der Waals surface area contributed by atoms with Crippen LogP contribution in [-0.4, -0.2) is 30.3 Å². The van der Waals surface area contributed by atoms with Gasteiger partial charge in [0.25, 0.3) is 5.91 Å². The van der Waals surface area contributed by atoms with E-state index in [0.717, 1.165) is 16.9 Å². The smallest absolute Gasteiger partial charge is 0.319 e. The quantitative estimate of drug-likeness (QED) is 0.562. The molecule has 0 saturated carbocycles. The molecule has 1 N–H and O–H groups in total. The van der Waals surface area contributed by atoms with Crippen LogP contribution >= 0.6 is 23.4 Å². The first-order chi connectivity index (χ1) is 12.0. The van der Waals surface area contributed by atoms with E-state index in [1.54, 1.807) is 19.1 Å². The van der Waals surface area contributed by atoms with Crippen molar-refractivity contribution in [3.63, 3.8) is 0 Å². The Balaban J connectivity index is 1.66. The number of benzene rings is 2. The van der Waals surface area contributed by atoms with E-state index in [-0.39, 0.29) is 12.5 Å². The molecular formula is C19H20ClNO3S. The van der Waals surface area contributed by atoms with E-state index in [1.165, 1.54) is 11.8 Å². The highest BCUT2D eigenvalue weighted by Gasteiger charge is 2.17. The van der Waals surface area contributed by atoms with Gasteiger partial charge >= 0.3 is 5.97 Å². The van der Waals surface area contributed by atoms with E-state index in [1.807, 2.05) is 42.5 Å². The summed E-state index contributed by atoms with van der Waals surface area (Å²) in [6.45, 7) is 1.99. The molecule has 1 amide bonds. The molecule has 0 bridgehead atoms. The van der Waals surface area contributed by atoms with Crippen molar-refractivity contribution in [2.45, 2.75) is 23.5 Å². The minimum Gasteiger partial charge on any atom is -0.455 e. The fourth-order valence-corrected chi connectivity index (χ4v) is 3.05. The fourth-order valence-electron chi connectivity index (χ4n) is 2.06. The molecule has 0 spiro atoms. The number of nitrogens with one attached hydrogen (secondary N) is 1. The Bertz CT molecular complexity index is 692. The third kappa shape index (κ3) is 7.20. The molecule has 0 unspecified atom stereocenters. The van der Waals surface area contributed by atoms with E-state index < -0.39 is 11.2 Å². The van der Waals surface area contributed by atoms with E-state index in [9.17, 15) is 9.59 Å². The molecule has 2 aromatic carbocycles. The van der Waals surface area contributed by atoms with Gasteiger partial charge in [0.05, 0.1) is 0 Å². The zero-order valence-corrected chi connectivity index (χ0v) is 15.5. The molecule has 0 aliphatic carbocycles. The van der Waals surface area contributed by atoms with Gasteiger partial charge in [0.1, 0.15) is 5.25 Å². The number of hydrogen-bond acceptors (Lipinski definition) is 4. The number of amides is 1. The molecule has 0 radical (unpaired) electrons. The summed E-state index contributed by atoms with van der Waals surface area (Å²) in [6, 6.07) is 17.1. The summed E-state index contributed by atoms with van der Waals surface area (Å²) in [5, 5.41) is 2.98. The molecule has 0 fully saturated rings. The standard InChI is InChI=1S/C19H20ClNO3S/c1-14(25-17-9-7-16(20)8-10-17)19(23)24-13-18(22)21-12-11-15-5-3-2-4-6-15/h2-10,14H,11-13H2,1H3,(H,21,22)/t14-/m0/s1. The van der Waals surface area contributed by atoms with Gasteiger partial charge < -0.3 is 10.1 Å². The normalized spacial score (nSPS) is 11.6. The van der Waals surface area contributed by atoms with E-state index in [2.05, 4.69) is 5.32 Å². The second kappa shape index (κ2) is 10.1. The number of carbonyl (C=O) groups excluding carboxylic acids is 2. The van der Waals surface area contributed by atoms with Crippen LogP contribution < -0.4 is 5.32 Å². The first-order valence-electron chi connectivity index (χ1n) is 7.94. The predicted molar refractivity (Wildman–Crippen MR) is 101 cm³/mol. The van der Waals surface area contributed by atoms with Gasteiger partial charge in [0.2, 0.25) is 0 Å². The molecule has 132 valence electrons. The van der Waals surface area contributed by atoms with Crippen molar-refractivity contribution in [1.29, 1.82) is 0 Å². The van der Waals surface area contributed by atoms with Crippen molar-refractivity contribution in [2.24, 2.45) is 0 Å². The lowest BCUT2D eigenvalue weighted by Crippen LogP contribution is -2.31. The fraction of sp³-hybridized carbons (Fsp3) is 0.263. The Hall–Kier alpha value is -1.98. The molecule has 1 atom stereocenters. The highest BCUT2D eigenvalue weighted by Crippen LogP contribution is 2.25. The minimum absolute atomic E-state index is 0.265. The molecule has 0 saturated heterocycles. The average molecular weight is 378 g/mol. The van der Waals surface area contributed by atoms with Crippen molar-refractivity contribution in [1.82, 2.24) is 5.32 Å². The number of rotatable bonds is 8. The number of ether oxygens (including phenoxy) is 1. The van der Waals surface area contributed by atoms with Crippen LogP contribution in [0.5, 0.6) is 0 Å². The van der Waals surface area contributed by atoms with Crippen molar-refractivity contribution in [2.75, 3.05) is 13.2 Å². The summed E-state index contributed by atoms with van der Waals surface area (Å²) in [7, 11) is 0. The van der Waals surface area contributed by atoms with Gasteiger partial charge in [-0.25, -0.2) is 0 Å². The van der Waals surface area contributed by atoms with Gasteiger partial charge in [0.15, 0.2) is 6.61 Å². The maximum atomic E-state index is 12.0. The molecule has 0 aliphatic rings. The SMILES string of the molecule is C[C@H](Sc1ccc(Cl)cc1)C(=O)OCC(=O)NCCc1ccccc1. The van der Waals surface area contributed by atoms with Crippen LogP contribution in [0.1, 0.15) is 12.5 Å². The molecule has 4 nitrogen and oxygen atoms in total.